The van der Waals surface area contributed by atoms with Gasteiger partial charge in [-0.3, -0.25) is 0 Å². The molecule has 0 saturated heterocycles. The van der Waals surface area contributed by atoms with Crippen molar-refractivity contribution in [3.05, 3.63) is 21.4 Å². The largest absolute Gasteiger partial charge is 0.464 e. The van der Waals surface area contributed by atoms with Gasteiger partial charge in [-0.05, 0) is 47.1 Å². The molecular formula is C11H13F3INO. The van der Waals surface area contributed by atoms with Crippen LogP contribution in [0.4, 0.5) is 13.2 Å². The minimum absolute atomic E-state index is 0.0276. The van der Waals surface area contributed by atoms with Crippen LogP contribution in [0, 0.1) is 3.57 Å². The van der Waals surface area contributed by atoms with Gasteiger partial charge in [0.25, 0.3) is 0 Å². The maximum Gasteiger partial charge on any atom is 0.425 e. The molecule has 1 atom stereocenters. The lowest BCUT2D eigenvalue weighted by molar-refractivity contribution is -0.190. The highest BCUT2D eigenvalue weighted by Gasteiger charge is 2.38. The summed E-state index contributed by atoms with van der Waals surface area (Å²) in [5.74, 6) is 0.310. The third-order valence-electron chi connectivity index (χ3n) is 2.24. The zero-order valence-electron chi connectivity index (χ0n) is 9.68. The quantitative estimate of drug-likeness (QED) is 0.757. The highest BCUT2D eigenvalue weighted by molar-refractivity contribution is 14.1. The van der Waals surface area contributed by atoms with E-state index in [2.05, 4.69) is 4.98 Å². The van der Waals surface area contributed by atoms with Gasteiger partial charge < -0.3 is 4.74 Å². The predicted octanol–water partition coefficient (Wildman–Crippen LogP) is 4.14. The Kier molecular flexibility index (Phi) is 4.62. The Morgan fingerprint density at radius 3 is 2.29 bits per heavy atom. The van der Waals surface area contributed by atoms with Crippen molar-refractivity contribution in [3.63, 3.8) is 0 Å². The van der Waals surface area contributed by atoms with E-state index in [4.69, 9.17) is 4.74 Å². The summed E-state index contributed by atoms with van der Waals surface area (Å²) in [7, 11) is 0. The maximum absolute atomic E-state index is 12.3. The second-order valence-corrected chi connectivity index (χ2v) is 5.17. The van der Waals surface area contributed by atoms with Gasteiger partial charge in [0, 0.05) is 6.20 Å². The summed E-state index contributed by atoms with van der Waals surface area (Å²) in [4.78, 5) is 3.92. The molecule has 1 rings (SSSR count). The zero-order chi connectivity index (χ0) is 13.2. The first-order valence-electron chi connectivity index (χ1n) is 5.10. The summed E-state index contributed by atoms with van der Waals surface area (Å²) in [6.07, 6.45) is -4.68. The van der Waals surface area contributed by atoms with Gasteiger partial charge in [-0.1, -0.05) is 13.8 Å². The average Bonchev–Trinajstić information content (AvgIpc) is 2.19. The fourth-order valence-electron chi connectivity index (χ4n) is 1.08. The summed E-state index contributed by atoms with van der Waals surface area (Å²) in [6, 6.07) is 1.79. The van der Waals surface area contributed by atoms with Crippen LogP contribution in [-0.4, -0.2) is 17.3 Å². The van der Waals surface area contributed by atoms with Gasteiger partial charge in [0.05, 0.1) is 3.57 Å². The van der Waals surface area contributed by atoms with Crippen molar-refractivity contribution in [2.45, 2.75) is 39.0 Å². The number of pyridine rings is 1. The van der Waals surface area contributed by atoms with Crippen molar-refractivity contribution in [2.24, 2.45) is 0 Å². The summed E-state index contributed by atoms with van der Waals surface area (Å²) in [6.45, 7) is 4.95. The first-order valence-corrected chi connectivity index (χ1v) is 6.18. The first-order chi connectivity index (χ1) is 7.71. The second kappa shape index (κ2) is 5.41. The average molecular weight is 359 g/mol. The fraction of sp³-hybridized carbons (Fsp3) is 0.545. The van der Waals surface area contributed by atoms with Crippen LogP contribution >= 0.6 is 22.6 Å². The van der Waals surface area contributed by atoms with Crippen molar-refractivity contribution >= 4 is 22.6 Å². The van der Waals surface area contributed by atoms with Crippen LogP contribution in [0.15, 0.2) is 12.3 Å². The van der Waals surface area contributed by atoms with E-state index in [0.29, 0.717) is 3.57 Å². The molecule has 2 nitrogen and oxygen atoms in total. The molecule has 0 bridgehead atoms. The summed E-state index contributed by atoms with van der Waals surface area (Å²) >= 11 is 1.93. The maximum atomic E-state index is 12.3. The van der Waals surface area contributed by atoms with Crippen molar-refractivity contribution in [2.75, 3.05) is 0 Å². The Morgan fingerprint density at radius 2 is 1.88 bits per heavy atom. The van der Waals surface area contributed by atoms with Gasteiger partial charge in [0.2, 0.25) is 5.88 Å². The Hall–Kier alpha value is -0.530. The normalized spacial score (nSPS) is 13.9. The summed E-state index contributed by atoms with van der Waals surface area (Å²) < 4.78 is 42.3. The van der Waals surface area contributed by atoms with Crippen LogP contribution in [-0.2, 0) is 0 Å². The van der Waals surface area contributed by atoms with Crippen molar-refractivity contribution in [1.82, 2.24) is 4.98 Å². The number of hydrogen-bond acceptors (Lipinski definition) is 2. The molecule has 17 heavy (non-hydrogen) atoms. The van der Waals surface area contributed by atoms with Crippen LogP contribution < -0.4 is 4.74 Å². The lowest BCUT2D eigenvalue weighted by Crippen LogP contribution is -2.31. The third kappa shape index (κ3) is 4.01. The number of rotatable bonds is 3. The molecule has 6 heteroatoms. The van der Waals surface area contributed by atoms with Gasteiger partial charge in [0.15, 0.2) is 6.10 Å². The molecule has 0 fully saturated rings. The molecule has 1 aromatic rings. The molecule has 0 aliphatic rings. The first kappa shape index (κ1) is 14.5. The van der Waals surface area contributed by atoms with Crippen molar-refractivity contribution in [3.8, 4) is 5.88 Å². The molecule has 0 spiro atoms. The standard InChI is InChI=1S/C11H13F3INO/c1-6(2)8-4-9(15)10(16-5-8)17-7(3)11(12,13)14/h4-7H,1-3H3. The SMILES string of the molecule is CC(C)c1cnc(OC(C)C(F)(F)F)c(I)c1. The number of nitrogens with zero attached hydrogens (tertiary/aromatic N) is 1. The molecule has 0 saturated carbocycles. The molecule has 0 aliphatic carbocycles. The van der Waals surface area contributed by atoms with Gasteiger partial charge in [0.1, 0.15) is 0 Å². The predicted molar refractivity (Wildman–Crippen MR) is 67.2 cm³/mol. The molecule has 1 unspecified atom stereocenters. The van der Waals surface area contributed by atoms with Crippen LogP contribution in [0.2, 0.25) is 0 Å². The fourth-order valence-corrected chi connectivity index (χ4v) is 1.70. The molecule has 0 N–H and O–H groups in total. The zero-order valence-corrected chi connectivity index (χ0v) is 11.8. The smallest absolute Gasteiger partial charge is 0.425 e. The van der Waals surface area contributed by atoms with Gasteiger partial charge >= 0.3 is 6.18 Å². The number of ether oxygens (including phenoxy) is 1. The topological polar surface area (TPSA) is 22.1 Å². The molecule has 1 aromatic heterocycles. The summed E-state index contributed by atoms with van der Waals surface area (Å²) in [5.41, 5.74) is 0.974. The number of alkyl halides is 3. The van der Waals surface area contributed by atoms with E-state index in [1.54, 1.807) is 12.3 Å². The lowest BCUT2D eigenvalue weighted by atomic mass is 10.1. The Labute approximate surface area is 112 Å². The van der Waals surface area contributed by atoms with E-state index >= 15 is 0 Å². The van der Waals surface area contributed by atoms with E-state index in [9.17, 15) is 13.2 Å². The third-order valence-corrected chi connectivity index (χ3v) is 3.02. The highest BCUT2D eigenvalue weighted by Crippen LogP contribution is 2.28. The minimum Gasteiger partial charge on any atom is -0.464 e. The van der Waals surface area contributed by atoms with Gasteiger partial charge in [-0.15, -0.1) is 0 Å². The van der Waals surface area contributed by atoms with Crippen molar-refractivity contribution in [1.29, 1.82) is 0 Å². The van der Waals surface area contributed by atoms with E-state index in [1.807, 2.05) is 36.4 Å². The monoisotopic (exact) mass is 359 g/mol. The lowest BCUT2D eigenvalue weighted by Gasteiger charge is -2.18. The van der Waals surface area contributed by atoms with Crippen molar-refractivity contribution < 1.29 is 17.9 Å². The Bertz CT molecular complexity index is 393. The summed E-state index contributed by atoms with van der Waals surface area (Å²) in [5, 5.41) is 0. The minimum atomic E-state index is -4.37. The van der Waals surface area contributed by atoms with E-state index in [1.165, 1.54) is 0 Å². The molecular weight excluding hydrogens is 346 g/mol. The molecule has 0 aromatic carbocycles. The van der Waals surface area contributed by atoms with E-state index in [-0.39, 0.29) is 11.8 Å². The Morgan fingerprint density at radius 1 is 1.29 bits per heavy atom. The van der Waals surface area contributed by atoms with Gasteiger partial charge in [-0.25, -0.2) is 4.98 Å². The van der Waals surface area contributed by atoms with Crippen LogP contribution in [0.5, 0.6) is 5.88 Å². The van der Waals surface area contributed by atoms with Crippen LogP contribution in [0.3, 0.4) is 0 Å². The second-order valence-electron chi connectivity index (χ2n) is 4.01. The van der Waals surface area contributed by atoms with E-state index in [0.717, 1.165) is 12.5 Å². The molecule has 1 heterocycles. The molecule has 0 radical (unpaired) electrons. The number of halogens is 4. The van der Waals surface area contributed by atoms with E-state index < -0.39 is 12.3 Å². The van der Waals surface area contributed by atoms with Crippen LogP contribution in [0.1, 0.15) is 32.3 Å². The molecule has 96 valence electrons. The molecule has 0 amide bonds. The highest BCUT2D eigenvalue weighted by atomic mass is 127. The van der Waals surface area contributed by atoms with Crippen LogP contribution in [0.25, 0.3) is 0 Å². The van der Waals surface area contributed by atoms with Gasteiger partial charge in [-0.2, -0.15) is 13.2 Å². The number of hydrogen-bond donors (Lipinski definition) is 0. The number of aromatic nitrogens is 1. The molecule has 0 aliphatic heterocycles. The Balaban J connectivity index is 2.87.